The number of carbonyl (C=O) groups excluding carboxylic acids is 1. The van der Waals surface area contributed by atoms with E-state index in [-0.39, 0.29) is 5.91 Å². The highest BCUT2D eigenvalue weighted by Crippen LogP contribution is 2.12. The number of methoxy groups -OCH3 is 1. The number of nitrogens with one attached hydrogen (secondary N) is 1. The van der Waals surface area contributed by atoms with Crippen LogP contribution in [-0.2, 0) is 11.3 Å². The van der Waals surface area contributed by atoms with Crippen LogP contribution in [0.2, 0.25) is 0 Å². The lowest BCUT2D eigenvalue weighted by molar-refractivity contribution is 0.102. The lowest BCUT2D eigenvalue weighted by atomic mass is 10.2. The largest absolute Gasteiger partial charge is 0.380 e. The van der Waals surface area contributed by atoms with Crippen molar-refractivity contribution in [1.82, 2.24) is 0 Å². The number of hydrogen-bond donors (Lipinski definition) is 1. The van der Waals surface area contributed by atoms with Crippen LogP contribution in [0.4, 0.5) is 5.69 Å². The van der Waals surface area contributed by atoms with E-state index in [1.54, 1.807) is 19.2 Å². The van der Waals surface area contributed by atoms with Gasteiger partial charge in [0.15, 0.2) is 0 Å². The number of rotatable bonds is 4. The highest BCUT2D eigenvalue weighted by atomic mass is 16.5. The van der Waals surface area contributed by atoms with Crippen molar-refractivity contribution in [3.8, 4) is 0 Å². The molecule has 1 amide bonds. The summed E-state index contributed by atoms with van der Waals surface area (Å²) in [4.78, 5) is 11.9. The van der Waals surface area contributed by atoms with Gasteiger partial charge in [-0.2, -0.15) is 0 Å². The average Bonchev–Trinajstić information content (AvgIpc) is 2.40. The molecule has 0 saturated carbocycles. The summed E-state index contributed by atoms with van der Waals surface area (Å²) in [6.07, 6.45) is 0. The van der Waals surface area contributed by atoms with Gasteiger partial charge in [-0.15, -0.1) is 0 Å². The third-order valence-electron chi connectivity index (χ3n) is 2.53. The van der Waals surface area contributed by atoms with Crippen molar-refractivity contribution < 1.29 is 9.53 Å². The number of amides is 1. The molecule has 18 heavy (non-hydrogen) atoms. The highest BCUT2D eigenvalue weighted by Gasteiger charge is 2.05. The van der Waals surface area contributed by atoms with E-state index in [0.29, 0.717) is 12.2 Å². The van der Waals surface area contributed by atoms with Crippen molar-refractivity contribution in [2.45, 2.75) is 6.61 Å². The van der Waals surface area contributed by atoms with Gasteiger partial charge in [-0.1, -0.05) is 30.3 Å². The van der Waals surface area contributed by atoms with Crippen molar-refractivity contribution in [1.29, 1.82) is 0 Å². The second-order valence-electron chi connectivity index (χ2n) is 3.95. The van der Waals surface area contributed by atoms with Gasteiger partial charge in [0.05, 0.1) is 6.61 Å². The zero-order valence-corrected chi connectivity index (χ0v) is 10.2. The predicted octanol–water partition coefficient (Wildman–Crippen LogP) is 3.09. The van der Waals surface area contributed by atoms with Crippen LogP contribution in [0, 0.1) is 0 Å². The Balaban J connectivity index is 2.10. The average molecular weight is 241 g/mol. The Hall–Kier alpha value is -2.13. The highest BCUT2D eigenvalue weighted by molar-refractivity contribution is 6.04. The molecule has 92 valence electrons. The fourth-order valence-corrected chi connectivity index (χ4v) is 1.70. The third kappa shape index (κ3) is 3.18. The molecule has 0 bridgehead atoms. The van der Waals surface area contributed by atoms with Gasteiger partial charge in [0.1, 0.15) is 0 Å². The summed E-state index contributed by atoms with van der Waals surface area (Å²) in [5.74, 6) is -0.106. The summed E-state index contributed by atoms with van der Waals surface area (Å²) < 4.78 is 5.06. The Bertz CT molecular complexity index is 523. The van der Waals surface area contributed by atoms with Crippen LogP contribution in [0.25, 0.3) is 0 Å². The maximum atomic E-state index is 11.9. The van der Waals surface area contributed by atoms with Crippen LogP contribution >= 0.6 is 0 Å². The van der Waals surface area contributed by atoms with Crippen molar-refractivity contribution in [3.63, 3.8) is 0 Å². The molecule has 0 heterocycles. The second-order valence-corrected chi connectivity index (χ2v) is 3.95. The van der Waals surface area contributed by atoms with E-state index < -0.39 is 0 Å². The molecule has 0 saturated heterocycles. The molecule has 0 radical (unpaired) electrons. The summed E-state index contributed by atoms with van der Waals surface area (Å²) in [5.41, 5.74) is 2.46. The van der Waals surface area contributed by atoms with Gasteiger partial charge in [0.25, 0.3) is 5.91 Å². The van der Waals surface area contributed by atoms with Gasteiger partial charge >= 0.3 is 0 Å². The lowest BCUT2D eigenvalue weighted by Gasteiger charge is -2.07. The quantitative estimate of drug-likeness (QED) is 0.893. The van der Waals surface area contributed by atoms with Crippen molar-refractivity contribution in [2.75, 3.05) is 12.4 Å². The molecule has 0 aliphatic heterocycles. The lowest BCUT2D eigenvalue weighted by Crippen LogP contribution is -2.11. The predicted molar refractivity (Wildman–Crippen MR) is 71.6 cm³/mol. The topological polar surface area (TPSA) is 38.3 Å². The Labute approximate surface area is 106 Å². The number of anilines is 1. The molecule has 3 heteroatoms. The minimum absolute atomic E-state index is 0.106. The molecular formula is C15H15NO2. The van der Waals surface area contributed by atoms with E-state index in [1.165, 1.54) is 0 Å². The summed E-state index contributed by atoms with van der Waals surface area (Å²) >= 11 is 0. The molecule has 0 atom stereocenters. The summed E-state index contributed by atoms with van der Waals surface area (Å²) in [5, 5.41) is 2.86. The summed E-state index contributed by atoms with van der Waals surface area (Å²) in [6.45, 7) is 0.537. The molecule has 0 unspecified atom stereocenters. The maximum Gasteiger partial charge on any atom is 0.255 e. The van der Waals surface area contributed by atoms with Gasteiger partial charge < -0.3 is 10.1 Å². The fourth-order valence-electron chi connectivity index (χ4n) is 1.70. The number of ether oxygens (including phenoxy) is 1. The monoisotopic (exact) mass is 241 g/mol. The van der Waals surface area contributed by atoms with Crippen LogP contribution in [-0.4, -0.2) is 13.0 Å². The van der Waals surface area contributed by atoms with Gasteiger partial charge in [0.2, 0.25) is 0 Å². The van der Waals surface area contributed by atoms with E-state index in [1.807, 2.05) is 42.5 Å². The smallest absolute Gasteiger partial charge is 0.255 e. The second kappa shape index (κ2) is 5.98. The molecule has 0 aromatic heterocycles. The molecule has 2 aromatic carbocycles. The zero-order valence-electron chi connectivity index (χ0n) is 10.2. The Morgan fingerprint density at radius 3 is 2.61 bits per heavy atom. The van der Waals surface area contributed by atoms with Crippen LogP contribution in [0.1, 0.15) is 15.9 Å². The molecule has 0 spiro atoms. The van der Waals surface area contributed by atoms with Crippen LogP contribution < -0.4 is 5.32 Å². The Kier molecular flexibility index (Phi) is 4.10. The van der Waals surface area contributed by atoms with Gasteiger partial charge in [0, 0.05) is 18.4 Å². The molecule has 3 nitrogen and oxygen atoms in total. The van der Waals surface area contributed by atoms with E-state index in [9.17, 15) is 4.79 Å². The standard InChI is InChI=1S/C15H15NO2/c1-18-11-12-6-5-9-14(10-12)16-15(17)13-7-3-2-4-8-13/h2-10H,11H2,1H3,(H,16,17). The summed E-state index contributed by atoms with van der Waals surface area (Å²) in [6, 6.07) is 16.8. The van der Waals surface area contributed by atoms with Gasteiger partial charge in [-0.25, -0.2) is 0 Å². The minimum atomic E-state index is -0.106. The zero-order chi connectivity index (χ0) is 12.8. The SMILES string of the molecule is COCc1cccc(NC(=O)c2ccccc2)c1. The van der Waals surface area contributed by atoms with Crippen LogP contribution in [0.3, 0.4) is 0 Å². The molecule has 1 N–H and O–H groups in total. The molecular weight excluding hydrogens is 226 g/mol. The Morgan fingerprint density at radius 1 is 1.11 bits per heavy atom. The first kappa shape index (κ1) is 12.3. The first-order valence-electron chi connectivity index (χ1n) is 5.74. The van der Waals surface area contributed by atoms with Gasteiger partial charge in [-0.05, 0) is 29.8 Å². The van der Waals surface area contributed by atoms with Gasteiger partial charge in [-0.3, -0.25) is 4.79 Å². The fraction of sp³-hybridized carbons (Fsp3) is 0.133. The molecule has 0 fully saturated rings. The maximum absolute atomic E-state index is 11.9. The summed E-state index contributed by atoms with van der Waals surface area (Å²) in [7, 11) is 1.65. The first-order chi connectivity index (χ1) is 8.79. The molecule has 2 aromatic rings. The van der Waals surface area contributed by atoms with Crippen LogP contribution in [0.15, 0.2) is 54.6 Å². The van der Waals surface area contributed by atoms with Crippen molar-refractivity contribution in [2.24, 2.45) is 0 Å². The molecule has 2 rings (SSSR count). The number of benzene rings is 2. The first-order valence-corrected chi connectivity index (χ1v) is 5.74. The number of carbonyl (C=O) groups is 1. The van der Waals surface area contributed by atoms with Crippen molar-refractivity contribution in [3.05, 3.63) is 65.7 Å². The molecule has 0 aliphatic carbocycles. The number of hydrogen-bond acceptors (Lipinski definition) is 2. The van der Waals surface area contributed by atoms with Crippen molar-refractivity contribution >= 4 is 11.6 Å². The molecule has 0 aliphatic rings. The van der Waals surface area contributed by atoms with E-state index in [4.69, 9.17) is 4.74 Å². The Morgan fingerprint density at radius 2 is 1.89 bits per heavy atom. The van der Waals surface area contributed by atoms with E-state index in [2.05, 4.69) is 5.32 Å². The normalized spacial score (nSPS) is 10.1. The van der Waals surface area contributed by atoms with E-state index >= 15 is 0 Å². The van der Waals surface area contributed by atoms with Crippen LogP contribution in [0.5, 0.6) is 0 Å². The third-order valence-corrected chi connectivity index (χ3v) is 2.53. The minimum Gasteiger partial charge on any atom is -0.380 e. The van der Waals surface area contributed by atoms with E-state index in [0.717, 1.165) is 11.3 Å².